The monoisotopic (exact) mass is 340 g/mol. The van der Waals surface area contributed by atoms with E-state index in [2.05, 4.69) is 5.94 Å². The molecule has 0 aromatic heterocycles. The van der Waals surface area contributed by atoms with Crippen molar-refractivity contribution in [3.8, 4) is 0 Å². The summed E-state index contributed by atoms with van der Waals surface area (Å²) < 4.78 is 10.1. The lowest BCUT2D eigenvalue weighted by atomic mass is 10.00. The molecule has 25 heavy (non-hydrogen) atoms. The zero-order valence-electron chi connectivity index (χ0n) is 15.4. The van der Waals surface area contributed by atoms with Crippen molar-refractivity contribution in [1.29, 1.82) is 0 Å². The Morgan fingerprint density at radius 2 is 1.24 bits per heavy atom. The van der Waals surface area contributed by atoms with Crippen LogP contribution in [0, 0.1) is 0 Å². The number of carbonyl (C=O) groups excluding carboxylic acids is 1. The molecule has 0 heterocycles. The molecule has 0 saturated heterocycles. The second kappa shape index (κ2) is 13.1. The lowest BCUT2D eigenvalue weighted by Crippen LogP contribution is -2.11. The maximum absolute atomic E-state index is 11.0. The highest BCUT2D eigenvalue weighted by Gasteiger charge is 2.02. The van der Waals surface area contributed by atoms with Crippen molar-refractivity contribution in [2.45, 2.75) is 39.9 Å². The van der Waals surface area contributed by atoms with Crippen LogP contribution >= 0.6 is 0 Å². The highest BCUT2D eigenvalue weighted by Crippen LogP contribution is 2.11. The Morgan fingerprint density at radius 3 is 1.56 bits per heavy atom. The van der Waals surface area contributed by atoms with Crippen molar-refractivity contribution < 1.29 is 14.3 Å². The number of allylic oxidation sites excluding steroid dienone is 1. The molecule has 3 heteroatoms. The van der Waals surface area contributed by atoms with Crippen molar-refractivity contribution in [3.63, 3.8) is 0 Å². The summed E-state index contributed by atoms with van der Waals surface area (Å²) >= 11 is 0. The number of benzene rings is 2. The van der Waals surface area contributed by atoms with Crippen molar-refractivity contribution >= 4 is 5.94 Å². The van der Waals surface area contributed by atoms with Crippen molar-refractivity contribution in [3.05, 3.63) is 77.4 Å². The van der Waals surface area contributed by atoms with E-state index in [1.54, 1.807) is 0 Å². The molecule has 0 bridgehead atoms. The van der Waals surface area contributed by atoms with E-state index in [0.29, 0.717) is 12.8 Å². The van der Waals surface area contributed by atoms with Gasteiger partial charge in [-0.25, -0.2) is 4.79 Å². The normalized spacial score (nSPS) is 9.92. The molecule has 2 aromatic carbocycles. The second-order valence-electron chi connectivity index (χ2n) is 5.51. The third-order valence-electron chi connectivity index (χ3n) is 3.47. The van der Waals surface area contributed by atoms with E-state index in [4.69, 9.17) is 9.47 Å². The van der Waals surface area contributed by atoms with E-state index >= 15 is 0 Å². The summed E-state index contributed by atoms with van der Waals surface area (Å²) in [6.45, 7) is 7.25. The maximum Gasteiger partial charge on any atom is 0.154 e. The van der Waals surface area contributed by atoms with Gasteiger partial charge in [0.2, 0.25) is 0 Å². The Morgan fingerprint density at radius 1 is 0.840 bits per heavy atom. The smallest absolute Gasteiger partial charge is 0.154 e. The molecule has 0 spiro atoms. The van der Waals surface area contributed by atoms with E-state index < -0.39 is 0 Å². The molecule has 2 aromatic rings. The molecule has 0 N–H and O–H groups in total. The fourth-order valence-corrected chi connectivity index (χ4v) is 2.34. The quantitative estimate of drug-likeness (QED) is 0.519. The van der Waals surface area contributed by atoms with Crippen molar-refractivity contribution in [2.24, 2.45) is 0 Å². The van der Waals surface area contributed by atoms with Crippen molar-refractivity contribution in [1.82, 2.24) is 0 Å². The minimum atomic E-state index is -0.0370. The average Bonchev–Trinajstić information content (AvgIpc) is 2.64. The predicted molar refractivity (Wildman–Crippen MR) is 102 cm³/mol. The first-order valence-corrected chi connectivity index (χ1v) is 8.73. The van der Waals surface area contributed by atoms with Gasteiger partial charge in [-0.3, -0.25) is 0 Å². The van der Waals surface area contributed by atoms with Crippen LogP contribution in [0.3, 0.4) is 0 Å². The van der Waals surface area contributed by atoms with Gasteiger partial charge < -0.3 is 9.47 Å². The Hall–Kier alpha value is -2.19. The highest BCUT2D eigenvalue weighted by molar-refractivity contribution is 5.55. The predicted octanol–water partition coefficient (Wildman–Crippen LogP) is 4.64. The Bertz CT molecular complexity index is 567. The van der Waals surface area contributed by atoms with E-state index in [-0.39, 0.29) is 6.29 Å². The van der Waals surface area contributed by atoms with Gasteiger partial charge in [-0.15, -0.1) is 0 Å². The van der Waals surface area contributed by atoms with Gasteiger partial charge in [0.1, 0.15) is 5.94 Å². The molecule has 0 unspecified atom stereocenters. The third kappa shape index (κ3) is 9.63. The molecule has 3 nitrogen and oxygen atoms in total. The molecular weight excluding hydrogens is 312 g/mol. The van der Waals surface area contributed by atoms with Crippen LogP contribution in [-0.4, -0.2) is 25.4 Å². The summed E-state index contributed by atoms with van der Waals surface area (Å²) in [5, 5.41) is 0. The van der Waals surface area contributed by atoms with Crippen LogP contribution in [0.25, 0.3) is 0 Å². The van der Waals surface area contributed by atoms with Gasteiger partial charge in [0.15, 0.2) is 6.29 Å². The molecule has 0 aliphatic carbocycles. The molecule has 0 amide bonds. The fraction of sp³-hybridized carbons (Fsp3) is 0.364. The van der Waals surface area contributed by atoms with E-state index in [1.165, 1.54) is 0 Å². The third-order valence-corrected chi connectivity index (χ3v) is 3.47. The molecule has 0 atom stereocenters. The number of hydrogen-bond acceptors (Lipinski definition) is 3. The fourth-order valence-electron chi connectivity index (χ4n) is 2.34. The van der Waals surface area contributed by atoms with Gasteiger partial charge in [0.25, 0.3) is 0 Å². The molecule has 0 radical (unpaired) electrons. The van der Waals surface area contributed by atoms with Crippen LogP contribution in [0.1, 0.15) is 31.9 Å². The Labute approximate surface area is 151 Å². The van der Waals surface area contributed by atoms with Gasteiger partial charge >= 0.3 is 0 Å². The molecule has 0 aliphatic heterocycles. The minimum Gasteiger partial charge on any atom is -0.353 e. The average molecular weight is 340 g/mol. The first kappa shape index (κ1) is 20.9. The highest BCUT2D eigenvalue weighted by atomic mass is 16.7. The minimum absolute atomic E-state index is 0.0370. The standard InChI is InChI=1S/C16H14O.C6H14O2/c17-13-16(11-14-7-3-1-4-8-14)12-15-9-5-2-6-10-15;1-4-7-6(3)8-5-2/h1-10H,11-12H2;6H,4-5H2,1-3H3. The van der Waals surface area contributed by atoms with E-state index in [1.807, 2.05) is 81.4 Å². The summed E-state index contributed by atoms with van der Waals surface area (Å²) in [4.78, 5) is 11.0. The molecule has 2 rings (SSSR count). The number of hydrogen-bond donors (Lipinski definition) is 0. The van der Waals surface area contributed by atoms with E-state index in [0.717, 1.165) is 29.9 Å². The zero-order chi connectivity index (χ0) is 18.3. The van der Waals surface area contributed by atoms with Crippen LogP contribution in [-0.2, 0) is 27.1 Å². The molecule has 0 aliphatic rings. The Kier molecular flexibility index (Phi) is 11.0. The van der Waals surface area contributed by atoms with Crippen molar-refractivity contribution in [2.75, 3.05) is 13.2 Å². The SMILES string of the molecule is CCOC(C)OCC.O=C=C(Cc1ccccc1)Cc1ccccc1. The first-order chi connectivity index (χ1) is 12.2. The second-order valence-corrected chi connectivity index (χ2v) is 5.51. The maximum atomic E-state index is 11.0. The van der Waals surface area contributed by atoms with Gasteiger partial charge in [0.05, 0.1) is 0 Å². The van der Waals surface area contributed by atoms with Gasteiger partial charge in [-0.1, -0.05) is 60.7 Å². The number of ether oxygens (including phenoxy) is 2. The summed E-state index contributed by atoms with van der Waals surface area (Å²) in [7, 11) is 0. The van der Waals surface area contributed by atoms with Crippen LogP contribution in [0.15, 0.2) is 66.2 Å². The van der Waals surface area contributed by atoms with Gasteiger partial charge in [0, 0.05) is 31.6 Å². The van der Waals surface area contributed by atoms with Gasteiger partial charge in [-0.2, -0.15) is 0 Å². The summed E-state index contributed by atoms with van der Waals surface area (Å²) in [5.41, 5.74) is 3.10. The molecule has 0 fully saturated rings. The van der Waals surface area contributed by atoms with Crippen LogP contribution in [0.5, 0.6) is 0 Å². The lowest BCUT2D eigenvalue weighted by molar-refractivity contribution is -0.123. The topological polar surface area (TPSA) is 35.5 Å². The lowest BCUT2D eigenvalue weighted by Gasteiger charge is -2.09. The first-order valence-electron chi connectivity index (χ1n) is 8.73. The van der Waals surface area contributed by atoms with E-state index in [9.17, 15) is 4.79 Å². The molecular formula is C22H28O3. The molecule has 134 valence electrons. The van der Waals surface area contributed by atoms with Crippen LogP contribution in [0.2, 0.25) is 0 Å². The zero-order valence-corrected chi connectivity index (χ0v) is 15.4. The van der Waals surface area contributed by atoms with Gasteiger partial charge in [-0.05, 0) is 31.9 Å². The summed E-state index contributed by atoms with van der Waals surface area (Å²) in [6, 6.07) is 20.0. The largest absolute Gasteiger partial charge is 0.353 e. The van der Waals surface area contributed by atoms with Crippen LogP contribution in [0.4, 0.5) is 0 Å². The Balaban J connectivity index is 0.000000333. The van der Waals surface area contributed by atoms with Crippen LogP contribution < -0.4 is 0 Å². The summed E-state index contributed by atoms with van der Waals surface area (Å²) in [6.07, 6.45) is 1.32. The summed E-state index contributed by atoms with van der Waals surface area (Å²) in [5.74, 6) is 2.07. The number of rotatable bonds is 8. The molecule has 0 saturated carbocycles.